The third kappa shape index (κ3) is 3.21. The van der Waals surface area contributed by atoms with Gasteiger partial charge in [-0.1, -0.05) is 0 Å². The number of hydrogen-bond donors (Lipinski definition) is 3. The van der Waals surface area contributed by atoms with Crippen LogP contribution in [0, 0.1) is 5.82 Å². The Morgan fingerprint density at radius 3 is 2.61 bits per heavy atom. The summed E-state index contributed by atoms with van der Waals surface area (Å²) in [4.78, 5) is 14.1. The standard InChI is InChI=1S/C17H17FN2O3/c18-14-10-13(22)4-6-15(14)19-17(23)20-8-2-1-3-11-9-12(21)5-7-16(11)20/h4-7,9-10,21-22H,1-3,8H2,(H,19,23). The molecule has 2 aromatic rings. The van der Waals surface area contributed by atoms with Gasteiger partial charge in [-0.2, -0.15) is 0 Å². The van der Waals surface area contributed by atoms with Gasteiger partial charge in [-0.15, -0.1) is 0 Å². The van der Waals surface area contributed by atoms with Crippen molar-refractivity contribution in [3.63, 3.8) is 0 Å². The molecular weight excluding hydrogens is 299 g/mol. The lowest BCUT2D eigenvalue weighted by Crippen LogP contribution is -2.35. The Kier molecular flexibility index (Phi) is 4.06. The third-order valence-corrected chi connectivity index (χ3v) is 3.87. The SMILES string of the molecule is O=C(Nc1ccc(O)cc1F)N1CCCCc2cc(O)ccc21. The number of urea groups is 1. The molecule has 6 heteroatoms. The number of hydrogen-bond acceptors (Lipinski definition) is 3. The zero-order chi connectivity index (χ0) is 16.4. The van der Waals surface area contributed by atoms with Crippen molar-refractivity contribution in [2.24, 2.45) is 0 Å². The van der Waals surface area contributed by atoms with Gasteiger partial charge in [-0.25, -0.2) is 9.18 Å². The first kappa shape index (κ1) is 15.1. The summed E-state index contributed by atoms with van der Waals surface area (Å²) < 4.78 is 13.8. The third-order valence-electron chi connectivity index (χ3n) is 3.87. The average Bonchev–Trinajstić information content (AvgIpc) is 2.71. The summed E-state index contributed by atoms with van der Waals surface area (Å²) in [6.45, 7) is 0.517. The summed E-state index contributed by atoms with van der Waals surface area (Å²) in [5.41, 5.74) is 1.62. The van der Waals surface area contributed by atoms with Crippen molar-refractivity contribution >= 4 is 17.4 Å². The summed E-state index contributed by atoms with van der Waals surface area (Å²) >= 11 is 0. The van der Waals surface area contributed by atoms with Crippen molar-refractivity contribution in [2.75, 3.05) is 16.8 Å². The van der Waals surface area contributed by atoms with Gasteiger partial charge in [0.2, 0.25) is 0 Å². The lowest BCUT2D eigenvalue weighted by atomic mass is 10.1. The maximum atomic E-state index is 13.8. The highest BCUT2D eigenvalue weighted by Crippen LogP contribution is 2.30. The van der Waals surface area contributed by atoms with Gasteiger partial charge in [0.15, 0.2) is 0 Å². The number of phenolic OH excluding ortho intramolecular Hbond substituents is 2. The normalized spacial score (nSPS) is 14.0. The molecule has 0 radical (unpaired) electrons. The van der Waals surface area contributed by atoms with E-state index in [9.17, 15) is 19.4 Å². The first-order valence-corrected chi connectivity index (χ1v) is 7.43. The highest BCUT2D eigenvalue weighted by Gasteiger charge is 2.22. The van der Waals surface area contributed by atoms with Crippen LogP contribution in [0.3, 0.4) is 0 Å². The number of nitrogens with zero attached hydrogens (tertiary/aromatic N) is 1. The Hall–Kier alpha value is -2.76. The number of halogens is 1. The van der Waals surface area contributed by atoms with E-state index in [1.807, 2.05) is 0 Å². The molecular formula is C17H17FN2O3. The van der Waals surface area contributed by atoms with Gasteiger partial charge in [-0.3, -0.25) is 4.90 Å². The van der Waals surface area contributed by atoms with E-state index >= 15 is 0 Å². The summed E-state index contributed by atoms with van der Waals surface area (Å²) in [5, 5.41) is 21.4. The first-order valence-electron chi connectivity index (χ1n) is 7.43. The van der Waals surface area contributed by atoms with Gasteiger partial charge in [0.1, 0.15) is 17.3 Å². The molecule has 2 amide bonds. The number of nitrogens with one attached hydrogen (secondary N) is 1. The molecule has 0 unspecified atom stereocenters. The summed E-state index contributed by atoms with van der Waals surface area (Å²) in [7, 11) is 0. The predicted octanol–water partition coefficient (Wildman–Crippen LogP) is 3.61. The molecule has 0 saturated carbocycles. The smallest absolute Gasteiger partial charge is 0.326 e. The minimum atomic E-state index is -0.695. The van der Waals surface area contributed by atoms with Crippen molar-refractivity contribution in [3.05, 3.63) is 47.8 Å². The predicted molar refractivity (Wildman–Crippen MR) is 85.5 cm³/mol. The fraction of sp³-hybridized carbons (Fsp3) is 0.235. The van der Waals surface area contributed by atoms with Crippen LogP contribution in [-0.4, -0.2) is 22.8 Å². The van der Waals surface area contributed by atoms with E-state index in [-0.39, 0.29) is 17.2 Å². The van der Waals surface area contributed by atoms with Gasteiger partial charge in [0, 0.05) is 18.3 Å². The molecule has 5 nitrogen and oxygen atoms in total. The number of aryl methyl sites for hydroxylation is 1. The molecule has 0 spiro atoms. The average molecular weight is 316 g/mol. The Bertz CT molecular complexity index is 749. The second-order valence-electron chi connectivity index (χ2n) is 5.52. The Labute approximate surface area is 133 Å². The van der Waals surface area contributed by atoms with Crippen molar-refractivity contribution in [1.29, 1.82) is 0 Å². The largest absolute Gasteiger partial charge is 0.508 e. The molecule has 1 aliphatic heterocycles. The van der Waals surface area contributed by atoms with Crippen LogP contribution >= 0.6 is 0 Å². The van der Waals surface area contributed by atoms with Crippen LogP contribution in [0.4, 0.5) is 20.6 Å². The molecule has 0 saturated heterocycles. The molecule has 0 bridgehead atoms. The number of carbonyl (C=O) groups is 1. The molecule has 1 aliphatic rings. The van der Waals surface area contributed by atoms with E-state index in [2.05, 4.69) is 5.32 Å². The summed E-state index contributed by atoms with van der Waals surface area (Å²) in [6.07, 6.45) is 2.51. The second-order valence-corrected chi connectivity index (χ2v) is 5.52. The zero-order valence-electron chi connectivity index (χ0n) is 12.4. The van der Waals surface area contributed by atoms with E-state index < -0.39 is 11.8 Å². The van der Waals surface area contributed by atoms with Crippen LogP contribution < -0.4 is 10.2 Å². The van der Waals surface area contributed by atoms with Crippen LogP contribution in [0.15, 0.2) is 36.4 Å². The molecule has 120 valence electrons. The van der Waals surface area contributed by atoms with E-state index in [1.165, 1.54) is 18.2 Å². The van der Waals surface area contributed by atoms with Gasteiger partial charge in [0.25, 0.3) is 0 Å². The Balaban J connectivity index is 1.87. The van der Waals surface area contributed by atoms with Crippen LogP contribution in [0.25, 0.3) is 0 Å². The number of carbonyl (C=O) groups excluding carboxylic acids is 1. The molecule has 3 rings (SSSR count). The van der Waals surface area contributed by atoms with Crippen LogP contribution in [0.2, 0.25) is 0 Å². The van der Waals surface area contributed by atoms with E-state index in [0.29, 0.717) is 6.54 Å². The van der Waals surface area contributed by atoms with E-state index in [0.717, 1.165) is 36.6 Å². The Morgan fingerprint density at radius 2 is 1.83 bits per heavy atom. The van der Waals surface area contributed by atoms with Crippen molar-refractivity contribution in [2.45, 2.75) is 19.3 Å². The number of fused-ring (bicyclic) bond motifs is 1. The molecule has 2 aromatic carbocycles. The maximum Gasteiger partial charge on any atom is 0.326 e. The minimum Gasteiger partial charge on any atom is -0.508 e. The molecule has 23 heavy (non-hydrogen) atoms. The van der Waals surface area contributed by atoms with Gasteiger partial charge in [-0.05, 0) is 55.2 Å². The number of benzene rings is 2. The van der Waals surface area contributed by atoms with Crippen molar-refractivity contribution in [1.82, 2.24) is 0 Å². The fourth-order valence-electron chi connectivity index (χ4n) is 2.74. The molecule has 1 heterocycles. The fourth-order valence-corrected chi connectivity index (χ4v) is 2.74. The molecule has 0 aliphatic carbocycles. The van der Waals surface area contributed by atoms with Crippen molar-refractivity contribution in [3.8, 4) is 11.5 Å². The number of anilines is 2. The Morgan fingerprint density at radius 1 is 1.09 bits per heavy atom. The molecule has 0 atom stereocenters. The van der Waals surface area contributed by atoms with E-state index in [4.69, 9.17) is 0 Å². The minimum absolute atomic E-state index is 0.0115. The van der Waals surface area contributed by atoms with Crippen LogP contribution in [-0.2, 0) is 6.42 Å². The number of phenols is 2. The van der Waals surface area contributed by atoms with E-state index in [1.54, 1.807) is 17.0 Å². The number of amides is 2. The highest BCUT2D eigenvalue weighted by molar-refractivity contribution is 6.02. The first-order chi connectivity index (χ1) is 11.0. The lowest BCUT2D eigenvalue weighted by Gasteiger charge is -2.23. The number of aromatic hydroxyl groups is 2. The summed E-state index contributed by atoms with van der Waals surface area (Å²) in [5.74, 6) is -0.731. The summed E-state index contributed by atoms with van der Waals surface area (Å²) in [6, 6.07) is 8.02. The van der Waals surface area contributed by atoms with Gasteiger partial charge < -0.3 is 15.5 Å². The monoisotopic (exact) mass is 316 g/mol. The van der Waals surface area contributed by atoms with Gasteiger partial charge >= 0.3 is 6.03 Å². The van der Waals surface area contributed by atoms with Crippen LogP contribution in [0.5, 0.6) is 11.5 Å². The lowest BCUT2D eigenvalue weighted by molar-refractivity contribution is 0.256. The van der Waals surface area contributed by atoms with Crippen molar-refractivity contribution < 1.29 is 19.4 Å². The van der Waals surface area contributed by atoms with Gasteiger partial charge in [0.05, 0.1) is 5.69 Å². The number of rotatable bonds is 1. The molecule has 3 N–H and O–H groups in total. The second kappa shape index (κ2) is 6.16. The molecule has 0 fully saturated rings. The topological polar surface area (TPSA) is 72.8 Å². The molecule has 0 aromatic heterocycles. The highest BCUT2D eigenvalue weighted by atomic mass is 19.1. The van der Waals surface area contributed by atoms with Crippen LogP contribution in [0.1, 0.15) is 18.4 Å². The zero-order valence-corrected chi connectivity index (χ0v) is 12.4. The maximum absolute atomic E-state index is 13.8. The quantitative estimate of drug-likeness (QED) is 0.704.